The van der Waals surface area contributed by atoms with Crippen molar-refractivity contribution in [3.8, 4) is 0 Å². The minimum Gasteiger partial charge on any atom is -0.480 e. The first-order valence-corrected chi connectivity index (χ1v) is 7.62. The van der Waals surface area contributed by atoms with E-state index in [-0.39, 0.29) is 12.4 Å². The Labute approximate surface area is 125 Å². The summed E-state index contributed by atoms with van der Waals surface area (Å²) in [7, 11) is -1.35. The minimum absolute atomic E-state index is 0.230. The molecule has 0 aromatic carbocycles. The molecule has 0 saturated carbocycles. The van der Waals surface area contributed by atoms with Gasteiger partial charge in [0, 0.05) is 13.1 Å². The number of β-amino-alcohol motifs (C(OH)–C–C–N with tert-alkyl or cyclic N) is 1. The highest BCUT2D eigenvalue weighted by Crippen LogP contribution is 2.19. The zero-order chi connectivity index (χ0) is 15.9. The number of unbranched alkanes of at least 4 members (excludes halogenated alkanes) is 1. The average molecular weight is 302 g/mol. The van der Waals surface area contributed by atoms with Gasteiger partial charge in [-0.25, -0.2) is 0 Å². The summed E-state index contributed by atoms with van der Waals surface area (Å²) in [6, 6.07) is 0. The summed E-state index contributed by atoms with van der Waals surface area (Å²) in [5, 5.41) is 36.5. The van der Waals surface area contributed by atoms with Gasteiger partial charge < -0.3 is 30.9 Å². The van der Waals surface area contributed by atoms with E-state index < -0.39 is 18.6 Å². The number of hydrogen-bond acceptors (Lipinski definition) is 6. The van der Waals surface area contributed by atoms with Gasteiger partial charge in [0.1, 0.15) is 5.54 Å². The lowest BCUT2D eigenvalue weighted by molar-refractivity contribution is -0.144. The first kappa shape index (κ1) is 18.4. The van der Waals surface area contributed by atoms with Crippen LogP contribution in [0.5, 0.6) is 0 Å². The number of piperidine rings is 1. The summed E-state index contributed by atoms with van der Waals surface area (Å²) in [5.41, 5.74) is 4.71. The van der Waals surface area contributed by atoms with Crippen LogP contribution in [-0.4, -0.2) is 69.5 Å². The largest absolute Gasteiger partial charge is 0.480 e. The number of carboxylic acids is 1. The molecule has 0 aromatic rings. The van der Waals surface area contributed by atoms with Gasteiger partial charge in [-0.05, 0) is 38.5 Å². The maximum atomic E-state index is 11.4. The molecule has 1 aliphatic rings. The Morgan fingerprint density at radius 2 is 2.05 bits per heavy atom. The molecule has 1 heterocycles. The normalized spacial score (nSPS) is 22.8. The fourth-order valence-electron chi connectivity index (χ4n) is 2.70. The molecule has 1 aliphatic heterocycles. The summed E-state index contributed by atoms with van der Waals surface area (Å²) in [4.78, 5) is 13.4. The summed E-state index contributed by atoms with van der Waals surface area (Å²) in [5.74, 6) is -1.02. The summed E-state index contributed by atoms with van der Waals surface area (Å²) in [6.07, 6.45) is 3.33. The van der Waals surface area contributed by atoms with Gasteiger partial charge in [-0.3, -0.25) is 4.79 Å². The quantitative estimate of drug-likeness (QED) is 0.280. The Hall–Kier alpha value is -0.665. The van der Waals surface area contributed by atoms with Gasteiger partial charge >= 0.3 is 13.1 Å². The van der Waals surface area contributed by atoms with Crippen LogP contribution in [0.15, 0.2) is 0 Å². The van der Waals surface area contributed by atoms with Crippen molar-refractivity contribution in [1.29, 1.82) is 0 Å². The average Bonchev–Trinajstić information content (AvgIpc) is 2.41. The predicted molar refractivity (Wildman–Crippen MR) is 79.7 cm³/mol. The smallest absolute Gasteiger partial charge is 0.451 e. The number of hydrogen-bond donors (Lipinski definition) is 5. The number of carbonyl (C=O) groups is 1. The van der Waals surface area contributed by atoms with E-state index in [4.69, 9.17) is 15.8 Å². The lowest BCUT2D eigenvalue weighted by atomic mass is 9.81. The number of rotatable bonds is 9. The van der Waals surface area contributed by atoms with Crippen molar-refractivity contribution >= 4 is 13.1 Å². The minimum atomic E-state index is -1.35. The van der Waals surface area contributed by atoms with Crippen molar-refractivity contribution in [1.82, 2.24) is 4.90 Å². The lowest BCUT2D eigenvalue weighted by Gasteiger charge is -2.33. The van der Waals surface area contributed by atoms with E-state index in [0.717, 1.165) is 19.4 Å². The van der Waals surface area contributed by atoms with Crippen LogP contribution in [0.4, 0.5) is 0 Å². The van der Waals surface area contributed by atoms with Crippen molar-refractivity contribution in [3.63, 3.8) is 0 Å². The topological polar surface area (TPSA) is 127 Å². The SMILES string of the molecule is NC(CCCCB(O)O)(CCN1CCC[C@H](O)C1)C(=O)O. The van der Waals surface area contributed by atoms with Crippen LogP contribution in [0.3, 0.4) is 0 Å². The fourth-order valence-corrected chi connectivity index (χ4v) is 2.70. The maximum absolute atomic E-state index is 11.4. The van der Waals surface area contributed by atoms with Crippen molar-refractivity contribution in [3.05, 3.63) is 0 Å². The number of likely N-dealkylation sites (tertiary alicyclic amines) is 1. The molecule has 0 aliphatic carbocycles. The molecule has 1 unspecified atom stereocenters. The molecular formula is C13H27BN2O5. The molecule has 1 saturated heterocycles. The zero-order valence-electron chi connectivity index (χ0n) is 12.4. The number of aliphatic hydroxyl groups excluding tert-OH is 1. The highest BCUT2D eigenvalue weighted by atomic mass is 16.4. The summed E-state index contributed by atoms with van der Waals surface area (Å²) >= 11 is 0. The Bertz CT molecular complexity index is 332. The Kier molecular flexibility index (Phi) is 7.62. The van der Waals surface area contributed by atoms with Crippen LogP contribution in [0, 0.1) is 0 Å². The van der Waals surface area contributed by atoms with Crippen molar-refractivity contribution in [2.45, 2.75) is 56.5 Å². The van der Waals surface area contributed by atoms with Gasteiger partial charge in [0.05, 0.1) is 6.10 Å². The molecule has 0 aromatic heterocycles. The van der Waals surface area contributed by atoms with Gasteiger partial charge in [0.2, 0.25) is 0 Å². The second kappa shape index (κ2) is 8.70. The van der Waals surface area contributed by atoms with Crippen molar-refractivity contribution < 1.29 is 25.1 Å². The summed E-state index contributed by atoms with van der Waals surface area (Å²) in [6.45, 7) is 2.00. The third-order valence-electron chi connectivity index (χ3n) is 4.12. The number of nitrogens with zero attached hydrogens (tertiary/aromatic N) is 1. The van der Waals surface area contributed by atoms with Crippen LogP contribution >= 0.6 is 0 Å². The number of aliphatic carboxylic acids is 1. The molecule has 0 bridgehead atoms. The van der Waals surface area contributed by atoms with E-state index in [1.165, 1.54) is 0 Å². The number of carboxylic acid groups (broad SMARTS) is 1. The van der Waals surface area contributed by atoms with Gasteiger partial charge in [0.15, 0.2) is 0 Å². The highest BCUT2D eigenvalue weighted by Gasteiger charge is 2.34. The number of aliphatic hydroxyl groups is 1. The second-order valence-corrected chi connectivity index (χ2v) is 6.03. The first-order chi connectivity index (χ1) is 9.83. The van der Waals surface area contributed by atoms with Crippen LogP contribution in [-0.2, 0) is 4.79 Å². The number of nitrogens with two attached hydrogens (primary N) is 1. The van der Waals surface area contributed by atoms with Crippen LogP contribution in [0.25, 0.3) is 0 Å². The third kappa shape index (κ3) is 6.75. The van der Waals surface area contributed by atoms with Gasteiger partial charge in [-0.2, -0.15) is 0 Å². The molecular weight excluding hydrogens is 275 g/mol. The van der Waals surface area contributed by atoms with Crippen LogP contribution in [0.1, 0.15) is 38.5 Å². The van der Waals surface area contributed by atoms with Gasteiger partial charge in [-0.1, -0.05) is 12.8 Å². The Morgan fingerprint density at radius 3 is 2.62 bits per heavy atom. The zero-order valence-corrected chi connectivity index (χ0v) is 12.4. The van der Waals surface area contributed by atoms with E-state index in [0.29, 0.717) is 38.8 Å². The molecule has 6 N–H and O–H groups in total. The molecule has 21 heavy (non-hydrogen) atoms. The monoisotopic (exact) mass is 302 g/mol. The summed E-state index contributed by atoms with van der Waals surface area (Å²) < 4.78 is 0. The molecule has 122 valence electrons. The Balaban J connectivity index is 2.38. The van der Waals surface area contributed by atoms with Crippen LogP contribution < -0.4 is 5.73 Å². The predicted octanol–water partition coefficient (Wildman–Crippen LogP) is -0.742. The van der Waals surface area contributed by atoms with E-state index in [9.17, 15) is 15.0 Å². The Morgan fingerprint density at radius 1 is 1.33 bits per heavy atom. The molecule has 1 rings (SSSR count). The molecule has 7 nitrogen and oxygen atoms in total. The second-order valence-electron chi connectivity index (χ2n) is 6.03. The van der Waals surface area contributed by atoms with Gasteiger partial charge in [0.25, 0.3) is 0 Å². The molecule has 0 amide bonds. The first-order valence-electron chi connectivity index (χ1n) is 7.62. The van der Waals surface area contributed by atoms with E-state index in [1.807, 2.05) is 0 Å². The maximum Gasteiger partial charge on any atom is 0.451 e. The molecule has 8 heteroatoms. The van der Waals surface area contributed by atoms with E-state index in [2.05, 4.69) is 4.90 Å². The van der Waals surface area contributed by atoms with E-state index in [1.54, 1.807) is 0 Å². The van der Waals surface area contributed by atoms with E-state index >= 15 is 0 Å². The lowest BCUT2D eigenvalue weighted by Crippen LogP contribution is -2.51. The van der Waals surface area contributed by atoms with Crippen molar-refractivity contribution in [2.75, 3.05) is 19.6 Å². The molecule has 0 radical (unpaired) electrons. The van der Waals surface area contributed by atoms with Crippen LogP contribution in [0.2, 0.25) is 6.32 Å². The third-order valence-corrected chi connectivity index (χ3v) is 4.12. The van der Waals surface area contributed by atoms with Gasteiger partial charge in [-0.15, -0.1) is 0 Å². The molecule has 1 fully saturated rings. The fraction of sp³-hybridized carbons (Fsp3) is 0.923. The highest BCUT2D eigenvalue weighted by molar-refractivity contribution is 6.40. The molecule has 0 spiro atoms. The molecule has 2 atom stereocenters. The van der Waals surface area contributed by atoms with Crippen molar-refractivity contribution in [2.24, 2.45) is 5.73 Å². The standard InChI is InChI=1S/C13H27BN2O5/c15-13(12(18)19,5-1-2-7-14(20)21)6-9-16-8-3-4-11(17)10-16/h11,17,20-21H,1-10,15H2,(H,18,19)/t11-,13?/m0/s1.